The summed E-state index contributed by atoms with van der Waals surface area (Å²) < 4.78 is 36.2. The van der Waals surface area contributed by atoms with Crippen LogP contribution in [0.15, 0.2) is 18.2 Å². The molecule has 1 heterocycles. The molecule has 8 heteroatoms. The zero-order chi connectivity index (χ0) is 20.0. The zero-order valence-electron chi connectivity index (χ0n) is 15.4. The van der Waals surface area contributed by atoms with E-state index < -0.39 is 35.7 Å². The lowest BCUT2D eigenvalue weighted by molar-refractivity contribution is -0.146. The standard InChI is InChI=1S/C19H23F2NO5/c1-3-27-18(24)11-17(23)13-6-7-22(19(25)26-2)14(10-13)8-12-4-5-15(20)16(21)9-12/h4-5,9,13-14H,3,6-8,10-11H2,1-2H3/t13-,14+/m0/s1. The third kappa shape index (κ3) is 5.48. The van der Waals surface area contributed by atoms with Crippen molar-refractivity contribution in [3.8, 4) is 0 Å². The van der Waals surface area contributed by atoms with Gasteiger partial charge in [-0.25, -0.2) is 13.6 Å². The lowest BCUT2D eigenvalue weighted by Gasteiger charge is -2.38. The summed E-state index contributed by atoms with van der Waals surface area (Å²) in [7, 11) is 1.26. The maximum Gasteiger partial charge on any atom is 0.409 e. The number of halogens is 2. The minimum Gasteiger partial charge on any atom is -0.466 e. The second-order valence-corrected chi connectivity index (χ2v) is 6.44. The Balaban J connectivity index is 2.12. The highest BCUT2D eigenvalue weighted by Crippen LogP contribution is 2.28. The number of nitrogens with zero attached hydrogens (tertiary/aromatic N) is 1. The number of hydrogen-bond donors (Lipinski definition) is 0. The van der Waals surface area contributed by atoms with Crippen molar-refractivity contribution in [1.29, 1.82) is 0 Å². The van der Waals surface area contributed by atoms with E-state index in [2.05, 4.69) is 0 Å². The van der Waals surface area contributed by atoms with E-state index in [1.807, 2.05) is 0 Å². The maximum atomic E-state index is 13.5. The van der Waals surface area contributed by atoms with Crippen LogP contribution in [0.2, 0.25) is 0 Å². The lowest BCUT2D eigenvalue weighted by atomic mass is 9.84. The van der Waals surface area contributed by atoms with Crippen molar-refractivity contribution < 1.29 is 32.6 Å². The molecule has 27 heavy (non-hydrogen) atoms. The van der Waals surface area contributed by atoms with Crippen molar-refractivity contribution in [3.63, 3.8) is 0 Å². The number of benzene rings is 1. The largest absolute Gasteiger partial charge is 0.466 e. The van der Waals surface area contributed by atoms with Gasteiger partial charge in [0.1, 0.15) is 12.2 Å². The van der Waals surface area contributed by atoms with Crippen LogP contribution < -0.4 is 0 Å². The molecule has 1 saturated heterocycles. The van der Waals surface area contributed by atoms with Crippen LogP contribution in [0.1, 0.15) is 31.7 Å². The van der Waals surface area contributed by atoms with Crippen molar-refractivity contribution in [1.82, 2.24) is 4.90 Å². The second kappa shape index (κ2) is 9.43. The van der Waals surface area contributed by atoms with Gasteiger partial charge >= 0.3 is 12.1 Å². The molecule has 148 valence electrons. The van der Waals surface area contributed by atoms with E-state index in [1.54, 1.807) is 6.92 Å². The van der Waals surface area contributed by atoms with Gasteiger partial charge in [-0.2, -0.15) is 0 Å². The fraction of sp³-hybridized carbons (Fsp3) is 0.526. The number of amides is 1. The number of rotatable bonds is 6. The quantitative estimate of drug-likeness (QED) is 0.558. The van der Waals surface area contributed by atoms with E-state index in [0.717, 1.165) is 12.1 Å². The Bertz CT molecular complexity index is 709. The minimum absolute atomic E-state index is 0.200. The Morgan fingerprint density at radius 1 is 1.22 bits per heavy atom. The first-order valence-electron chi connectivity index (χ1n) is 8.82. The minimum atomic E-state index is -0.970. The average Bonchev–Trinajstić information content (AvgIpc) is 2.64. The molecule has 1 fully saturated rings. The first kappa shape index (κ1) is 20.8. The zero-order valence-corrected chi connectivity index (χ0v) is 15.4. The third-order valence-electron chi connectivity index (χ3n) is 4.66. The normalized spacial score (nSPS) is 19.5. The number of likely N-dealkylation sites (tertiary alicyclic amines) is 1. The number of piperidine rings is 1. The molecule has 2 rings (SSSR count). The summed E-state index contributed by atoms with van der Waals surface area (Å²) >= 11 is 0. The Labute approximate surface area is 156 Å². The average molecular weight is 383 g/mol. The van der Waals surface area contributed by atoms with Gasteiger partial charge in [0.25, 0.3) is 0 Å². The Morgan fingerprint density at radius 2 is 1.96 bits per heavy atom. The molecule has 0 N–H and O–H groups in total. The topological polar surface area (TPSA) is 72.9 Å². The van der Waals surface area contributed by atoms with E-state index in [1.165, 1.54) is 18.1 Å². The Morgan fingerprint density at radius 3 is 2.59 bits per heavy atom. The van der Waals surface area contributed by atoms with Crippen molar-refractivity contribution in [2.24, 2.45) is 5.92 Å². The Kier molecular flexibility index (Phi) is 7.27. The molecule has 0 bridgehead atoms. The van der Waals surface area contributed by atoms with E-state index in [-0.39, 0.29) is 31.8 Å². The van der Waals surface area contributed by atoms with Gasteiger partial charge in [0.2, 0.25) is 0 Å². The van der Waals surface area contributed by atoms with Gasteiger partial charge in [-0.1, -0.05) is 6.07 Å². The predicted octanol–water partition coefficient (Wildman–Crippen LogP) is 2.88. The van der Waals surface area contributed by atoms with E-state index in [0.29, 0.717) is 18.4 Å². The number of Topliss-reactive ketones (excluding diaryl/α,β-unsaturated/α-hetero) is 1. The van der Waals surface area contributed by atoms with Crippen molar-refractivity contribution in [2.45, 2.75) is 38.6 Å². The molecule has 0 unspecified atom stereocenters. The van der Waals surface area contributed by atoms with Crippen LogP contribution >= 0.6 is 0 Å². The first-order valence-corrected chi connectivity index (χ1v) is 8.82. The van der Waals surface area contributed by atoms with E-state index in [9.17, 15) is 23.2 Å². The molecule has 6 nitrogen and oxygen atoms in total. The molecule has 0 aliphatic carbocycles. The molecule has 0 radical (unpaired) electrons. The highest BCUT2D eigenvalue weighted by Gasteiger charge is 2.35. The van der Waals surface area contributed by atoms with Gasteiger partial charge in [0.05, 0.1) is 13.7 Å². The number of esters is 1. The maximum absolute atomic E-state index is 13.5. The molecule has 1 amide bonds. The number of hydrogen-bond acceptors (Lipinski definition) is 5. The van der Waals surface area contributed by atoms with Crippen LogP contribution in [-0.4, -0.2) is 49.0 Å². The molecule has 1 aliphatic heterocycles. The van der Waals surface area contributed by atoms with Gasteiger partial charge in [-0.3, -0.25) is 9.59 Å². The van der Waals surface area contributed by atoms with Crippen LogP contribution in [0.4, 0.5) is 13.6 Å². The first-order chi connectivity index (χ1) is 12.8. The molecule has 1 aromatic rings. The van der Waals surface area contributed by atoms with E-state index in [4.69, 9.17) is 9.47 Å². The molecule has 1 aliphatic rings. The molecule has 0 spiro atoms. The SMILES string of the molecule is CCOC(=O)CC(=O)[C@H]1CCN(C(=O)OC)[C@H](Cc2ccc(F)c(F)c2)C1. The summed E-state index contributed by atoms with van der Waals surface area (Å²) in [4.78, 5) is 37.5. The monoisotopic (exact) mass is 383 g/mol. The molecule has 0 aromatic heterocycles. The molecule has 0 saturated carbocycles. The fourth-order valence-corrected chi connectivity index (χ4v) is 3.33. The smallest absolute Gasteiger partial charge is 0.409 e. The van der Waals surface area contributed by atoms with Crippen LogP contribution in [0.25, 0.3) is 0 Å². The summed E-state index contributed by atoms with van der Waals surface area (Å²) in [6.07, 6.45) is 0.108. The number of methoxy groups -OCH3 is 1. The fourth-order valence-electron chi connectivity index (χ4n) is 3.33. The van der Waals surface area contributed by atoms with Crippen molar-refractivity contribution >= 4 is 17.8 Å². The molecule has 1 aromatic carbocycles. The van der Waals surface area contributed by atoms with Gasteiger partial charge < -0.3 is 14.4 Å². The summed E-state index contributed by atoms with van der Waals surface area (Å²) in [5, 5.41) is 0. The van der Waals surface area contributed by atoms with Gasteiger partial charge in [0.15, 0.2) is 11.6 Å². The number of ether oxygens (including phenoxy) is 2. The highest BCUT2D eigenvalue weighted by molar-refractivity contribution is 5.96. The van der Waals surface area contributed by atoms with Crippen LogP contribution in [0.3, 0.4) is 0 Å². The second-order valence-electron chi connectivity index (χ2n) is 6.44. The van der Waals surface area contributed by atoms with Crippen LogP contribution in [0, 0.1) is 17.6 Å². The van der Waals surface area contributed by atoms with Gasteiger partial charge in [0, 0.05) is 18.5 Å². The lowest BCUT2D eigenvalue weighted by Crippen LogP contribution is -2.48. The Hall–Kier alpha value is -2.51. The summed E-state index contributed by atoms with van der Waals surface area (Å²) in [6.45, 7) is 2.14. The van der Waals surface area contributed by atoms with Crippen LogP contribution in [-0.2, 0) is 25.5 Å². The van der Waals surface area contributed by atoms with E-state index >= 15 is 0 Å². The molecular weight excluding hydrogens is 360 g/mol. The third-order valence-corrected chi connectivity index (χ3v) is 4.66. The van der Waals surface area contributed by atoms with Crippen molar-refractivity contribution in [2.75, 3.05) is 20.3 Å². The van der Waals surface area contributed by atoms with Crippen LogP contribution in [0.5, 0.6) is 0 Å². The van der Waals surface area contributed by atoms with Gasteiger partial charge in [-0.05, 0) is 43.9 Å². The van der Waals surface area contributed by atoms with Gasteiger partial charge in [-0.15, -0.1) is 0 Å². The van der Waals surface area contributed by atoms with Crippen molar-refractivity contribution in [3.05, 3.63) is 35.4 Å². The summed E-state index contributed by atoms with van der Waals surface area (Å²) in [5.74, 6) is -3.15. The summed E-state index contributed by atoms with van der Waals surface area (Å²) in [5.41, 5.74) is 0.506. The molecule has 2 atom stereocenters. The number of carbonyl (C=O) groups is 3. The molecular formula is C19H23F2NO5. The predicted molar refractivity (Wildman–Crippen MR) is 91.9 cm³/mol. The highest BCUT2D eigenvalue weighted by atomic mass is 19.2. The summed E-state index contributed by atoms with van der Waals surface area (Å²) in [6, 6.07) is 3.12. The number of carbonyl (C=O) groups excluding carboxylic acids is 3. The number of ketones is 1.